The lowest BCUT2D eigenvalue weighted by Gasteiger charge is -2.06. The van der Waals surface area contributed by atoms with E-state index in [0.29, 0.717) is 17.0 Å². The zero-order valence-electron chi connectivity index (χ0n) is 13.4. The Morgan fingerprint density at radius 1 is 1.17 bits per heavy atom. The minimum atomic E-state index is -0.397. The van der Waals surface area contributed by atoms with E-state index in [9.17, 15) is 9.59 Å². The van der Waals surface area contributed by atoms with Crippen LogP contribution in [0.1, 0.15) is 35.8 Å². The van der Waals surface area contributed by atoms with Crippen LogP contribution in [-0.2, 0) is 6.42 Å². The first-order chi connectivity index (χ1) is 11.7. The molecule has 1 amide bonds. The molecule has 0 aliphatic rings. The molecule has 1 aromatic carbocycles. The molecule has 122 valence electrons. The van der Waals surface area contributed by atoms with Gasteiger partial charge in [0.1, 0.15) is 11.3 Å². The van der Waals surface area contributed by atoms with Gasteiger partial charge in [0.2, 0.25) is 0 Å². The zero-order chi connectivity index (χ0) is 16.9. The summed E-state index contributed by atoms with van der Waals surface area (Å²) in [5.74, 6) is -0.270. The Hall–Kier alpha value is -2.95. The number of carbonyl (C=O) groups is 1. The molecule has 0 radical (unpaired) electrons. The van der Waals surface area contributed by atoms with Crippen molar-refractivity contribution >= 4 is 22.6 Å². The van der Waals surface area contributed by atoms with Gasteiger partial charge in [-0.3, -0.25) is 9.78 Å². The number of nitrogens with one attached hydrogen (secondary N) is 1. The van der Waals surface area contributed by atoms with Crippen LogP contribution in [0.15, 0.2) is 57.9 Å². The summed E-state index contributed by atoms with van der Waals surface area (Å²) in [6.45, 7) is 2.14. The predicted molar refractivity (Wildman–Crippen MR) is 93.3 cm³/mol. The van der Waals surface area contributed by atoms with E-state index in [1.807, 2.05) is 6.07 Å². The number of rotatable bonds is 5. The molecule has 0 aliphatic heterocycles. The SMILES string of the molecule is CCCCc1ccc(C(=O)Nc2ccc3oc(=O)ccc3c2)nc1. The highest BCUT2D eigenvalue weighted by atomic mass is 16.4. The van der Waals surface area contributed by atoms with Crippen LogP contribution in [0.4, 0.5) is 5.69 Å². The van der Waals surface area contributed by atoms with Crippen molar-refractivity contribution in [2.45, 2.75) is 26.2 Å². The molecular formula is C19H18N2O3. The van der Waals surface area contributed by atoms with E-state index in [1.54, 1.807) is 36.5 Å². The number of carbonyl (C=O) groups excluding carboxylic acids is 1. The summed E-state index contributed by atoms with van der Waals surface area (Å²) in [7, 11) is 0. The first-order valence-corrected chi connectivity index (χ1v) is 7.96. The summed E-state index contributed by atoms with van der Waals surface area (Å²) < 4.78 is 5.07. The monoisotopic (exact) mass is 322 g/mol. The van der Waals surface area contributed by atoms with E-state index in [2.05, 4.69) is 17.2 Å². The Bertz CT molecular complexity index is 914. The largest absolute Gasteiger partial charge is 0.423 e. The van der Waals surface area contributed by atoms with Crippen LogP contribution < -0.4 is 10.9 Å². The van der Waals surface area contributed by atoms with E-state index in [-0.39, 0.29) is 5.91 Å². The van der Waals surface area contributed by atoms with Crippen molar-refractivity contribution in [1.82, 2.24) is 4.98 Å². The number of pyridine rings is 1. The highest BCUT2D eigenvalue weighted by molar-refractivity contribution is 6.03. The second-order valence-electron chi connectivity index (χ2n) is 5.62. The molecule has 1 N–H and O–H groups in total. The minimum absolute atomic E-state index is 0.270. The molecule has 0 aliphatic carbocycles. The smallest absolute Gasteiger partial charge is 0.336 e. The molecule has 0 saturated carbocycles. The van der Waals surface area contributed by atoms with Gasteiger partial charge in [-0.2, -0.15) is 0 Å². The third-order valence-electron chi connectivity index (χ3n) is 3.75. The van der Waals surface area contributed by atoms with Crippen molar-refractivity contribution in [3.63, 3.8) is 0 Å². The van der Waals surface area contributed by atoms with Crippen LogP contribution in [-0.4, -0.2) is 10.9 Å². The second-order valence-corrected chi connectivity index (χ2v) is 5.62. The van der Waals surface area contributed by atoms with Gasteiger partial charge in [0.25, 0.3) is 5.91 Å². The van der Waals surface area contributed by atoms with Gasteiger partial charge in [0.15, 0.2) is 0 Å². The minimum Gasteiger partial charge on any atom is -0.423 e. The third-order valence-corrected chi connectivity index (χ3v) is 3.75. The molecule has 2 heterocycles. The van der Waals surface area contributed by atoms with Gasteiger partial charge in [0.05, 0.1) is 0 Å². The predicted octanol–water partition coefficient (Wildman–Crippen LogP) is 3.78. The van der Waals surface area contributed by atoms with E-state index in [4.69, 9.17) is 4.42 Å². The molecule has 0 spiro atoms. The quantitative estimate of drug-likeness (QED) is 0.726. The van der Waals surface area contributed by atoms with Gasteiger partial charge in [-0.25, -0.2) is 4.79 Å². The summed E-state index contributed by atoms with van der Waals surface area (Å²) in [6.07, 6.45) is 4.96. The molecule has 2 aromatic heterocycles. The van der Waals surface area contributed by atoms with E-state index in [1.165, 1.54) is 6.07 Å². The summed E-state index contributed by atoms with van der Waals surface area (Å²) in [5.41, 5.74) is 2.22. The molecule has 0 saturated heterocycles. The molecule has 0 bridgehead atoms. The number of nitrogens with zero attached hydrogens (tertiary/aromatic N) is 1. The summed E-state index contributed by atoms with van der Waals surface area (Å²) in [6, 6.07) is 11.8. The van der Waals surface area contributed by atoms with Crippen molar-refractivity contribution in [2.75, 3.05) is 5.32 Å². The van der Waals surface area contributed by atoms with Gasteiger partial charge < -0.3 is 9.73 Å². The number of amides is 1. The Morgan fingerprint density at radius 3 is 2.79 bits per heavy atom. The average Bonchev–Trinajstić information content (AvgIpc) is 2.60. The number of aryl methyl sites for hydroxylation is 1. The maximum atomic E-state index is 12.3. The molecule has 24 heavy (non-hydrogen) atoms. The number of aromatic nitrogens is 1. The molecular weight excluding hydrogens is 304 g/mol. The van der Waals surface area contributed by atoms with Gasteiger partial charge >= 0.3 is 5.63 Å². The maximum absolute atomic E-state index is 12.3. The van der Waals surface area contributed by atoms with Crippen molar-refractivity contribution in [3.05, 3.63) is 70.3 Å². The van der Waals surface area contributed by atoms with E-state index >= 15 is 0 Å². The van der Waals surface area contributed by atoms with Gasteiger partial charge in [0, 0.05) is 23.3 Å². The van der Waals surface area contributed by atoms with Crippen LogP contribution in [0.25, 0.3) is 11.0 Å². The molecule has 5 nitrogen and oxygen atoms in total. The fraction of sp³-hybridized carbons (Fsp3) is 0.211. The molecule has 0 fully saturated rings. The molecule has 5 heteroatoms. The maximum Gasteiger partial charge on any atom is 0.336 e. The van der Waals surface area contributed by atoms with E-state index < -0.39 is 5.63 Å². The standard InChI is InChI=1S/C19H18N2O3/c1-2-3-4-13-5-8-16(20-12-13)19(23)21-15-7-9-17-14(11-15)6-10-18(22)24-17/h5-12H,2-4H2,1H3,(H,21,23). The Labute approximate surface area is 139 Å². The van der Waals surface area contributed by atoms with Crippen molar-refractivity contribution in [1.29, 1.82) is 0 Å². The van der Waals surface area contributed by atoms with Gasteiger partial charge in [-0.05, 0) is 48.7 Å². The topological polar surface area (TPSA) is 72.2 Å². The Morgan fingerprint density at radius 2 is 2.04 bits per heavy atom. The number of hydrogen-bond acceptors (Lipinski definition) is 4. The first kappa shape index (κ1) is 15.9. The third kappa shape index (κ3) is 3.68. The number of benzene rings is 1. The van der Waals surface area contributed by atoms with Crippen LogP contribution in [0, 0.1) is 0 Å². The van der Waals surface area contributed by atoms with Crippen LogP contribution >= 0.6 is 0 Å². The zero-order valence-corrected chi connectivity index (χ0v) is 13.4. The van der Waals surface area contributed by atoms with Crippen molar-refractivity contribution < 1.29 is 9.21 Å². The highest BCUT2D eigenvalue weighted by Crippen LogP contribution is 2.18. The summed E-state index contributed by atoms with van der Waals surface area (Å²) >= 11 is 0. The summed E-state index contributed by atoms with van der Waals surface area (Å²) in [5, 5.41) is 3.55. The fourth-order valence-corrected chi connectivity index (χ4v) is 2.43. The molecule has 3 rings (SSSR count). The number of unbranched alkanes of at least 4 members (excludes halogenated alkanes) is 1. The van der Waals surface area contributed by atoms with Crippen LogP contribution in [0.2, 0.25) is 0 Å². The highest BCUT2D eigenvalue weighted by Gasteiger charge is 2.08. The number of fused-ring (bicyclic) bond motifs is 1. The summed E-state index contributed by atoms with van der Waals surface area (Å²) in [4.78, 5) is 27.7. The van der Waals surface area contributed by atoms with Gasteiger partial charge in [-0.1, -0.05) is 19.4 Å². The normalized spacial score (nSPS) is 10.7. The lowest BCUT2D eigenvalue weighted by molar-refractivity contribution is 0.102. The lowest BCUT2D eigenvalue weighted by atomic mass is 10.1. The van der Waals surface area contributed by atoms with Crippen molar-refractivity contribution in [2.24, 2.45) is 0 Å². The van der Waals surface area contributed by atoms with Crippen LogP contribution in [0.5, 0.6) is 0 Å². The first-order valence-electron chi connectivity index (χ1n) is 7.96. The Kier molecular flexibility index (Phi) is 4.70. The molecule has 0 unspecified atom stereocenters. The fourth-order valence-electron chi connectivity index (χ4n) is 2.43. The number of hydrogen-bond donors (Lipinski definition) is 1. The molecule has 3 aromatic rings. The molecule has 0 atom stereocenters. The Balaban J connectivity index is 1.74. The van der Waals surface area contributed by atoms with E-state index in [0.717, 1.165) is 30.2 Å². The average molecular weight is 322 g/mol. The van der Waals surface area contributed by atoms with Gasteiger partial charge in [-0.15, -0.1) is 0 Å². The van der Waals surface area contributed by atoms with Crippen molar-refractivity contribution in [3.8, 4) is 0 Å². The second kappa shape index (κ2) is 7.08. The van der Waals surface area contributed by atoms with Crippen LogP contribution in [0.3, 0.4) is 0 Å². The number of anilines is 1. The lowest BCUT2D eigenvalue weighted by Crippen LogP contribution is -2.13.